The molecule has 2 fully saturated rings. The second kappa shape index (κ2) is 6.76. The Morgan fingerprint density at radius 1 is 1.00 bits per heavy atom. The van der Waals surface area contributed by atoms with E-state index in [-0.39, 0.29) is 5.54 Å². The molecule has 2 aliphatic rings. The van der Waals surface area contributed by atoms with Crippen molar-refractivity contribution in [1.29, 1.82) is 0 Å². The van der Waals surface area contributed by atoms with Crippen molar-refractivity contribution in [1.82, 2.24) is 9.80 Å². The molecule has 2 saturated heterocycles. The van der Waals surface area contributed by atoms with Crippen LogP contribution in [0.2, 0.25) is 0 Å². The Morgan fingerprint density at radius 3 is 2.40 bits per heavy atom. The maximum absolute atomic E-state index is 6.29. The van der Waals surface area contributed by atoms with Gasteiger partial charge in [-0.1, -0.05) is 20.8 Å². The van der Waals surface area contributed by atoms with Gasteiger partial charge in [-0.15, -0.1) is 0 Å². The van der Waals surface area contributed by atoms with Gasteiger partial charge < -0.3 is 10.6 Å². The number of rotatable bonds is 4. The first-order chi connectivity index (χ1) is 9.51. The van der Waals surface area contributed by atoms with E-state index in [0.717, 1.165) is 6.54 Å². The summed E-state index contributed by atoms with van der Waals surface area (Å²) in [6.45, 7) is 14.2. The molecular formula is C17H35N3. The fourth-order valence-corrected chi connectivity index (χ4v) is 4.25. The third kappa shape index (κ3) is 3.75. The zero-order valence-corrected chi connectivity index (χ0v) is 14.0. The van der Waals surface area contributed by atoms with Crippen LogP contribution in [0, 0.1) is 5.41 Å². The van der Waals surface area contributed by atoms with Crippen LogP contribution in [0.5, 0.6) is 0 Å². The summed E-state index contributed by atoms with van der Waals surface area (Å²) in [5.41, 5.74) is 7.03. The van der Waals surface area contributed by atoms with Gasteiger partial charge in [0.1, 0.15) is 0 Å². The average Bonchev–Trinajstić information content (AvgIpc) is 2.61. The fraction of sp³-hybridized carbons (Fsp3) is 1.00. The van der Waals surface area contributed by atoms with E-state index in [9.17, 15) is 0 Å². The lowest BCUT2D eigenvalue weighted by atomic mass is 9.79. The van der Waals surface area contributed by atoms with Crippen molar-refractivity contribution in [2.45, 2.75) is 64.8 Å². The van der Waals surface area contributed by atoms with Crippen molar-refractivity contribution in [3.8, 4) is 0 Å². The van der Waals surface area contributed by atoms with Crippen LogP contribution in [0.25, 0.3) is 0 Å². The predicted octanol–water partition coefficient (Wildman–Crippen LogP) is 2.70. The maximum atomic E-state index is 6.29. The fourth-order valence-electron chi connectivity index (χ4n) is 4.25. The molecular weight excluding hydrogens is 246 g/mol. The Bertz CT molecular complexity index is 303. The molecule has 1 unspecified atom stereocenters. The molecule has 0 radical (unpaired) electrons. The normalized spacial score (nSPS) is 33.0. The summed E-state index contributed by atoms with van der Waals surface area (Å²) in [5, 5.41) is 0. The van der Waals surface area contributed by atoms with Crippen LogP contribution in [-0.4, -0.2) is 54.6 Å². The first kappa shape index (κ1) is 16.3. The maximum Gasteiger partial charge on any atom is 0.0344 e. The van der Waals surface area contributed by atoms with Gasteiger partial charge in [-0.2, -0.15) is 0 Å². The molecule has 2 heterocycles. The lowest BCUT2D eigenvalue weighted by Gasteiger charge is -2.49. The van der Waals surface area contributed by atoms with Crippen molar-refractivity contribution in [3.63, 3.8) is 0 Å². The number of likely N-dealkylation sites (tertiary alicyclic amines) is 2. The van der Waals surface area contributed by atoms with Crippen LogP contribution in [-0.2, 0) is 0 Å². The molecule has 0 amide bonds. The summed E-state index contributed by atoms with van der Waals surface area (Å²) in [5.74, 6) is 0. The van der Waals surface area contributed by atoms with E-state index in [0.29, 0.717) is 5.41 Å². The predicted molar refractivity (Wildman–Crippen MR) is 87.0 cm³/mol. The third-order valence-electron chi connectivity index (χ3n) is 5.50. The zero-order chi connectivity index (χ0) is 14.6. The van der Waals surface area contributed by atoms with Gasteiger partial charge in [0.25, 0.3) is 0 Å². The van der Waals surface area contributed by atoms with Crippen LogP contribution in [0.3, 0.4) is 0 Å². The summed E-state index contributed by atoms with van der Waals surface area (Å²) in [7, 11) is 0. The minimum Gasteiger partial charge on any atom is -0.329 e. The summed E-state index contributed by atoms with van der Waals surface area (Å²) in [4.78, 5) is 5.40. The van der Waals surface area contributed by atoms with Crippen LogP contribution >= 0.6 is 0 Å². The number of nitrogens with zero attached hydrogens (tertiary/aromatic N) is 2. The minimum atomic E-state index is 0.278. The summed E-state index contributed by atoms with van der Waals surface area (Å²) in [6.07, 6.45) is 7.85. The quantitative estimate of drug-likeness (QED) is 0.860. The van der Waals surface area contributed by atoms with Crippen molar-refractivity contribution in [3.05, 3.63) is 0 Å². The highest BCUT2D eigenvalue weighted by Crippen LogP contribution is 2.36. The van der Waals surface area contributed by atoms with E-state index < -0.39 is 0 Å². The number of piperidine rings is 1. The molecule has 118 valence electrons. The zero-order valence-electron chi connectivity index (χ0n) is 14.0. The van der Waals surface area contributed by atoms with Crippen molar-refractivity contribution in [2.24, 2.45) is 11.1 Å². The molecule has 0 aromatic carbocycles. The van der Waals surface area contributed by atoms with Gasteiger partial charge in [0.05, 0.1) is 0 Å². The molecule has 0 aromatic rings. The van der Waals surface area contributed by atoms with Crippen LogP contribution in [0.15, 0.2) is 0 Å². The molecule has 0 bridgehead atoms. The molecule has 2 aliphatic heterocycles. The van der Waals surface area contributed by atoms with Gasteiger partial charge in [0.2, 0.25) is 0 Å². The van der Waals surface area contributed by atoms with Crippen molar-refractivity contribution < 1.29 is 0 Å². The molecule has 0 aliphatic carbocycles. The molecule has 20 heavy (non-hydrogen) atoms. The van der Waals surface area contributed by atoms with Gasteiger partial charge in [0.15, 0.2) is 0 Å². The minimum absolute atomic E-state index is 0.278. The van der Waals surface area contributed by atoms with Gasteiger partial charge in [-0.25, -0.2) is 0 Å². The smallest absolute Gasteiger partial charge is 0.0344 e. The van der Waals surface area contributed by atoms with Crippen LogP contribution < -0.4 is 5.73 Å². The Hall–Kier alpha value is -0.120. The highest BCUT2D eigenvalue weighted by Gasteiger charge is 2.40. The number of hydrogen-bond donors (Lipinski definition) is 1. The molecule has 2 N–H and O–H groups in total. The van der Waals surface area contributed by atoms with E-state index in [1.165, 1.54) is 71.2 Å². The Balaban J connectivity index is 2.05. The molecule has 0 spiro atoms. The van der Waals surface area contributed by atoms with E-state index in [4.69, 9.17) is 5.73 Å². The van der Waals surface area contributed by atoms with Gasteiger partial charge in [-0.3, -0.25) is 4.90 Å². The molecule has 2 rings (SSSR count). The van der Waals surface area contributed by atoms with Gasteiger partial charge in [0, 0.05) is 18.6 Å². The second-order valence-electron chi connectivity index (χ2n) is 7.81. The summed E-state index contributed by atoms with van der Waals surface area (Å²) < 4.78 is 0. The largest absolute Gasteiger partial charge is 0.329 e. The Labute approximate surface area is 125 Å². The molecule has 0 saturated carbocycles. The number of hydrogen-bond acceptors (Lipinski definition) is 3. The lowest BCUT2D eigenvalue weighted by molar-refractivity contribution is 0.00936. The lowest BCUT2D eigenvalue weighted by Crippen LogP contribution is -2.58. The SMILES string of the molecule is CCCN1CCCC(CN)(N2CCCC(C)(C)C2)CC1. The monoisotopic (exact) mass is 281 g/mol. The number of nitrogens with two attached hydrogens (primary N) is 1. The molecule has 0 aromatic heterocycles. The van der Waals surface area contributed by atoms with E-state index in [1.54, 1.807) is 0 Å². The average molecular weight is 281 g/mol. The van der Waals surface area contributed by atoms with Crippen molar-refractivity contribution >= 4 is 0 Å². The highest BCUT2D eigenvalue weighted by molar-refractivity contribution is 4.97. The molecule has 1 atom stereocenters. The van der Waals surface area contributed by atoms with Crippen LogP contribution in [0.4, 0.5) is 0 Å². The topological polar surface area (TPSA) is 32.5 Å². The van der Waals surface area contributed by atoms with E-state index >= 15 is 0 Å². The van der Waals surface area contributed by atoms with E-state index in [1.807, 2.05) is 0 Å². The summed E-state index contributed by atoms with van der Waals surface area (Å²) >= 11 is 0. The first-order valence-electron chi connectivity index (χ1n) is 8.69. The third-order valence-corrected chi connectivity index (χ3v) is 5.50. The molecule has 3 heteroatoms. The standard InChI is InChI=1S/C17H35N3/c1-4-10-19-11-6-8-17(14-18,9-13-19)20-12-5-7-16(2,3)15-20/h4-15,18H2,1-3H3. The van der Waals surface area contributed by atoms with Crippen LogP contribution in [0.1, 0.15) is 59.3 Å². The Kier molecular flexibility index (Phi) is 5.49. The van der Waals surface area contributed by atoms with Gasteiger partial charge in [-0.05, 0) is 70.1 Å². The van der Waals surface area contributed by atoms with Gasteiger partial charge >= 0.3 is 0 Å². The highest BCUT2D eigenvalue weighted by atomic mass is 15.2. The van der Waals surface area contributed by atoms with Crippen molar-refractivity contribution in [2.75, 3.05) is 39.3 Å². The Morgan fingerprint density at radius 2 is 1.75 bits per heavy atom. The van der Waals surface area contributed by atoms with E-state index in [2.05, 4.69) is 30.6 Å². The first-order valence-corrected chi connectivity index (χ1v) is 8.69. The summed E-state index contributed by atoms with van der Waals surface area (Å²) in [6, 6.07) is 0. The second-order valence-corrected chi connectivity index (χ2v) is 7.81. The molecule has 3 nitrogen and oxygen atoms in total.